The number of carbonyl (C=O) groups excluding carboxylic acids is 2. The number of esters is 2. The standard InChI is InChI=1S/C17H33N3O6/c1-14(2,3)25-12(23)16(7,18)20(10-9-11(21)22)17(8,19)13(24)26-15(4,5)6/h9-10,18-19H2,1-8H3,(H,21,22). The van der Waals surface area contributed by atoms with Gasteiger partial charge in [0.2, 0.25) is 0 Å². The molecule has 0 radical (unpaired) electrons. The molecule has 152 valence electrons. The Bertz CT molecular complexity index is 504. The van der Waals surface area contributed by atoms with E-state index in [1.165, 1.54) is 13.8 Å². The van der Waals surface area contributed by atoms with Gasteiger partial charge >= 0.3 is 17.9 Å². The molecule has 0 spiro atoms. The third-order valence-corrected chi connectivity index (χ3v) is 3.29. The summed E-state index contributed by atoms with van der Waals surface area (Å²) in [5.74, 6) is -2.80. The first-order valence-corrected chi connectivity index (χ1v) is 8.35. The average Bonchev–Trinajstić information content (AvgIpc) is 2.33. The molecule has 0 aromatic rings. The third kappa shape index (κ3) is 7.27. The molecule has 0 fully saturated rings. The van der Waals surface area contributed by atoms with Crippen molar-refractivity contribution in [2.24, 2.45) is 11.5 Å². The Morgan fingerprint density at radius 2 is 1.12 bits per heavy atom. The lowest BCUT2D eigenvalue weighted by molar-refractivity contribution is -0.185. The van der Waals surface area contributed by atoms with Crippen molar-refractivity contribution in [2.45, 2.75) is 84.3 Å². The summed E-state index contributed by atoms with van der Waals surface area (Å²) in [5, 5.41) is 9.00. The molecule has 0 amide bonds. The van der Waals surface area contributed by atoms with Crippen LogP contribution in [0.1, 0.15) is 61.8 Å². The lowest BCUT2D eigenvalue weighted by Gasteiger charge is -2.45. The molecule has 0 aliphatic carbocycles. The van der Waals surface area contributed by atoms with Gasteiger partial charge in [0.25, 0.3) is 0 Å². The summed E-state index contributed by atoms with van der Waals surface area (Å²) in [7, 11) is 0. The molecule has 9 heteroatoms. The van der Waals surface area contributed by atoms with E-state index in [2.05, 4.69) is 0 Å². The zero-order valence-corrected chi connectivity index (χ0v) is 17.0. The van der Waals surface area contributed by atoms with Crippen molar-refractivity contribution >= 4 is 17.9 Å². The Morgan fingerprint density at radius 3 is 1.35 bits per heavy atom. The van der Waals surface area contributed by atoms with Crippen molar-refractivity contribution in [1.29, 1.82) is 0 Å². The fourth-order valence-corrected chi connectivity index (χ4v) is 2.14. The highest BCUT2D eigenvalue weighted by Gasteiger charge is 2.50. The maximum Gasteiger partial charge on any atom is 0.341 e. The van der Waals surface area contributed by atoms with Gasteiger partial charge in [0.1, 0.15) is 11.2 Å². The Kier molecular flexibility index (Phi) is 7.37. The summed E-state index contributed by atoms with van der Waals surface area (Å²) >= 11 is 0. The van der Waals surface area contributed by atoms with Crippen LogP contribution in [-0.2, 0) is 23.9 Å². The molecule has 0 aliphatic rings. The van der Waals surface area contributed by atoms with Crippen molar-refractivity contribution in [3.8, 4) is 0 Å². The summed E-state index contributed by atoms with van der Waals surface area (Å²) < 4.78 is 10.6. The average molecular weight is 375 g/mol. The number of aliphatic carboxylic acids is 1. The summed E-state index contributed by atoms with van der Waals surface area (Å²) in [6.07, 6.45) is -0.384. The number of nitrogens with zero attached hydrogens (tertiary/aromatic N) is 1. The van der Waals surface area contributed by atoms with E-state index in [9.17, 15) is 14.4 Å². The molecule has 2 atom stereocenters. The summed E-state index contributed by atoms with van der Waals surface area (Å²) in [6.45, 7) is 12.4. The van der Waals surface area contributed by atoms with E-state index in [1.54, 1.807) is 41.5 Å². The number of nitrogens with two attached hydrogens (primary N) is 2. The van der Waals surface area contributed by atoms with E-state index >= 15 is 0 Å². The number of carbonyl (C=O) groups is 3. The van der Waals surface area contributed by atoms with Crippen molar-refractivity contribution in [1.82, 2.24) is 4.90 Å². The number of ether oxygens (including phenoxy) is 2. The highest BCUT2D eigenvalue weighted by molar-refractivity contribution is 5.84. The van der Waals surface area contributed by atoms with Crippen molar-refractivity contribution in [2.75, 3.05) is 6.54 Å². The molecule has 2 unspecified atom stereocenters. The van der Waals surface area contributed by atoms with Gasteiger partial charge in [0, 0.05) is 6.54 Å². The Morgan fingerprint density at radius 1 is 0.808 bits per heavy atom. The number of carboxylic acid groups (broad SMARTS) is 1. The minimum absolute atomic E-state index is 0.256. The van der Waals surface area contributed by atoms with Gasteiger partial charge in [-0.2, -0.15) is 0 Å². The molecule has 9 nitrogen and oxygen atoms in total. The summed E-state index contributed by atoms with van der Waals surface area (Å²) in [4.78, 5) is 37.3. The first kappa shape index (κ1) is 24.3. The number of carboxylic acids is 1. The van der Waals surface area contributed by atoms with Crippen LogP contribution < -0.4 is 11.5 Å². The van der Waals surface area contributed by atoms with Gasteiger partial charge in [0.05, 0.1) is 6.42 Å². The van der Waals surface area contributed by atoms with E-state index in [0.717, 1.165) is 4.90 Å². The zero-order valence-electron chi connectivity index (χ0n) is 17.0. The highest BCUT2D eigenvalue weighted by Crippen LogP contribution is 2.25. The molecule has 0 bridgehead atoms. The fourth-order valence-electron chi connectivity index (χ4n) is 2.14. The number of hydrogen-bond acceptors (Lipinski definition) is 8. The molecular weight excluding hydrogens is 342 g/mol. The minimum atomic E-state index is -1.86. The lowest BCUT2D eigenvalue weighted by Crippen LogP contribution is -2.73. The van der Waals surface area contributed by atoms with Gasteiger partial charge in [-0.05, 0) is 55.4 Å². The van der Waals surface area contributed by atoms with Crippen molar-refractivity contribution < 1.29 is 29.0 Å². The van der Waals surface area contributed by atoms with Gasteiger partial charge in [-0.3, -0.25) is 4.79 Å². The number of rotatable bonds is 7. The normalized spacial score (nSPS) is 17.2. The Hall–Kier alpha value is -1.71. The maximum absolute atomic E-state index is 12.6. The second-order valence-corrected chi connectivity index (χ2v) is 8.59. The molecule has 5 N–H and O–H groups in total. The molecule has 26 heavy (non-hydrogen) atoms. The topological polar surface area (TPSA) is 145 Å². The smallest absolute Gasteiger partial charge is 0.341 e. The van der Waals surface area contributed by atoms with Crippen LogP contribution in [0.5, 0.6) is 0 Å². The maximum atomic E-state index is 12.6. The third-order valence-electron chi connectivity index (χ3n) is 3.29. The Balaban J connectivity index is 5.85. The van der Waals surface area contributed by atoms with Gasteiger partial charge in [-0.15, -0.1) is 0 Å². The largest absolute Gasteiger partial charge is 0.481 e. The predicted molar refractivity (Wildman–Crippen MR) is 95.8 cm³/mol. The first-order chi connectivity index (χ1) is 11.3. The zero-order chi connectivity index (χ0) is 21.1. The van der Waals surface area contributed by atoms with E-state index in [1.807, 2.05) is 0 Å². The molecule has 0 aromatic carbocycles. The van der Waals surface area contributed by atoms with E-state index < -0.39 is 40.4 Å². The monoisotopic (exact) mass is 375 g/mol. The molecular formula is C17H33N3O6. The highest BCUT2D eigenvalue weighted by atomic mass is 16.6. The van der Waals surface area contributed by atoms with E-state index in [4.69, 9.17) is 26.0 Å². The molecule has 0 saturated heterocycles. The van der Waals surface area contributed by atoms with Crippen LogP contribution in [0.2, 0.25) is 0 Å². The van der Waals surface area contributed by atoms with E-state index in [-0.39, 0.29) is 13.0 Å². The van der Waals surface area contributed by atoms with Crippen LogP contribution in [0.3, 0.4) is 0 Å². The second kappa shape index (κ2) is 7.89. The summed E-state index contributed by atoms with van der Waals surface area (Å²) in [5.41, 5.74) is 6.94. The van der Waals surface area contributed by atoms with Crippen LogP contribution in [0, 0.1) is 0 Å². The van der Waals surface area contributed by atoms with Gasteiger partial charge < -0.3 is 26.0 Å². The van der Waals surface area contributed by atoms with E-state index in [0.29, 0.717) is 0 Å². The first-order valence-electron chi connectivity index (χ1n) is 8.35. The lowest BCUT2D eigenvalue weighted by atomic mass is 10.0. The summed E-state index contributed by atoms with van der Waals surface area (Å²) in [6, 6.07) is 0. The molecule has 0 aliphatic heterocycles. The SMILES string of the molecule is CC(C)(C)OC(=O)C(C)(N)N(CCC(=O)O)C(C)(N)C(=O)OC(C)(C)C. The van der Waals surface area contributed by atoms with Crippen LogP contribution in [0.4, 0.5) is 0 Å². The quantitative estimate of drug-likeness (QED) is 0.434. The van der Waals surface area contributed by atoms with Crippen molar-refractivity contribution in [3.63, 3.8) is 0 Å². The van der Waals surface area contributed by atoms with Crippen LogP contribution in [-0.4, -0.2) is 57.0 Å². The Labute approximate surface area is 155 Å². The van der Waals surface area contributed by atoms with Gasteiger partial charge in [0.15, 0.2) is 11.3 Å². The molecule has 0 aromatic heterocycles. The molecule has 0 heterocycles. The van der Waals surface area contributed by atoms with Gasteiger partial charge in [-0.1, -0.05) is 0 Å². The van der Waals surface area contributed by atoms with Crippen LogP contribution in [0.25, 0.3) is 0 Å². The second-order valence-electron chi connectivity index (χ2n) is 8.59. The number of hydrogen-bond donors (Lipinski definition) is 3. The van der Waals surface area contributed by atoms with Crippen molar-refractivity contribution in [3.05, 3.63) is 0 Å². The van der Waals surface area contributed by atoms with Crippen LogP contribution in [0.15, 0.2) is 0 Å². The fraction of sp³-hybridized carbons (Fsp3) is 0.824. The molecule has 0 saturated carbocycles. The predicted octanol–water partition coefficient (Wildman–Crippen LogP) is 0.796. The minimum Gasteiger partial charge on any atom is -0.481 e. The van der Waals surface area contributed by atoms with Crippen LogP contribution >= 0.6 is 0 Å². The molecule has 0 rings (SSSR count). The van der Waals surface area contributed by atoms with Gasteiger partial charge in [-0.25, -0.2) is 14.5 Å².